The molecular weight excluding hydrogens is 416 g/mol. The molecule has 0 fully saturated rings. The predicted octanol–water partition coefficient (Wildman–Crippen LogP) is 4.24. The number of nitrogens with one attached hydrogen (secondary N) is 1. The van der Waals surface area contributed by atoms with Crippen molar-refractivity contribution in [3.05, 3.63) is 90.0 Å². The fourth-order valence-corrected chi connectivity index (χ4v) is 3.35. The molecule has 7 heteroatoms. The van der Waals surface area contributed by atoms with Crippen LogP contribution in [0.15, 0.2) is 78.9 Å². The van der Waals surface area contributed by atoms with E-state index >= 15 is 0 Å². The van der Waals surface area contributed by atoms with E-state index in [4.69, 9.17) is 9.47 Å². The highest BCUT2D eigenvalue weighted by molar-refractivity contribution is 5.60. The molecular formula is C26H28N4O3. The van der Waals surface area contributed by atoms with Crippen LogP contribution in [0.4, 0.5) is 5.69 Å². The maximum Gasteiger partial charge on any atom is 0.336 e. The maximum absolute atomic E-state index is 10.2. The van der Waals surface area contributed by atoms with Gasteiger partial charge in [0, 0.05) is 17.8 Å². The van der Waals surface area contributed by atoms with Gasteiger partial charge in [-0.25, -0.2) is 4.68 Å². The highest BCUT2D eigenvalue weighted by Crippen LogP contribution is 2.24. The van der Waals surface area contributed by atoms with Crippen molar-refractivity contribution in [3.63, 3.8) is 0 Å². The zero-order valence-electron chi connectivity index (χ0n) is 18.8. The van der Waals surface area contributed by atoms with Gasteiger partial charge in [-0.1, -0.05) is 60.2 Å². The lowest BCUT2D eigenvalue weighted by molar-refractivity contribution is 0.0348. The molecule has 4 rings (SSSR count). The minimum absolute atomic E-state index is 0.263. The van der Waals surface area contributed by atoms with E-state index in [1.807, 2.05) is 85.8 Å². The average molecular weight is 445 g/mol. The van der Waals surface area contributed by atoms with E-state index in [0.717, 1.165) is 22.5 Å². The first kappa shape index (κ1) is 22.5. The number of hydrogen-bond donors (Lipinski definition) is 2. The molecule has 1 aromatic heterocycles. The molecule has 1 atom stereocenters. The third-order valence-corrected chi connectivity index (χ3v) is 5.16. The Kier molecular flexibility index (Phi) is 7.34. The van der Waals surface area contributed by atoms with Gasteiger partial charge in [0.15, 0.2) is 5.82 Å². The van der Waals surface area contributed by atoms with Crippen LogP contribution in [-0.2, 0) is 11.3 Å². The van der Waals surface area contributed by atoms with Gasteiger partial charge in [0.05, 0.1) is 32.1 Å². The summed E-state index contributed by atoms with van der Waals surface area (Å²) in [6.45, 7) is 3.18. The van der Waals surface area contributed by atoms with Crippen LogP contribution in [0, 0.1) is 6.92 Å². The average Bonchev–Trinajstić information content (AvgIpc) is 3.29. The number of hydrogen-bond acceptors (Lipinski definition) is 6. The van der Waals surface area contributed by atoms with Crippen molar-refractivity contribution < 1.29 is 14.6 Å². The van der Waals surface area contributed by atoms with Gasteiger partial charge in [0.1, 0.15) is 0 Å². The van der Waals surface area contributed by atoms with Crippen molar-refractivity contribution in [1.29, 1.82) is 0 Å². The normalized spacial score (nSPS) is 11.8. The number of aromatic nitrogens is 3. The van der Waals surface area contributed by atoms with Crippen LogP contribution in [-0.4, -0.2) is 46.2 Å². The van der Waals surface area contributed by atoms with E-state index < -0.39 is 6.10 Å². The summed E-state index contributed by atoms with van der Waals surface area (Å²) in [7, 11) is 1.56. The van der Waals surface area contributed by atoms with Crippen molar-refractivity contribution in [3.8, 4) is 23.1 Å². The molecule has 1 unspecified atom stereocenters. The smallest absolute Gasteiger partial charge is 0.336 e. The highest BCUT2D eigenvalue weighted by atomic mass is 16.5. The minimum Gasteiger partial charge on any atom is -0.466 e. The lowest BCUT2D eigenvalue weighted by Gasteiger charge is -2.14. The lowest BCUT2D eigenvalue weighted by atomic mass is 10.1. The maximum atomic E-state index is 10.2. The van der Waals surface area contributed by atoms with Crippen LogP contribution in [0.1, 0.15) is 11.1 Å². The SMILES string of the molecule is COc1nc(-c2ccc(C)cc2)n(-c2ccc(NCC(O)COCc3ccccc3)cc2)n1. The van der Waals surface area contributed by atoms with Crippen LogP contribution >= 0.6 is 0 Å². The van der Waals surface area contributed by atoms with Crippen molar-refractivity contribution in [2.24, 2.45) is 0 Å². The van der Waals surface area contributed by atoms with Gasteiger partial charge in [0.25, 0.3) is 0 Å². The number of methoxy groups -OCH3 is 1. The number of rotatable bonds is 10. The quantitative estimate of drug-likeness (QED) is 0.381. The molecule has 0 aliphatic heterocycles. The monoisotopic (exact) mass is 444 g/mol. The number of aryl methyl sites for hydroxylation is 1. The molecule has 0 aliphatic carbocycles. The molecule has 0 saturated carbocycles. The van der Waals surface area contributed by atoms with Crippen LogP contribution in [0.3, 0.4) is 0 Å². The molecule has 0 saturated heterocycles. The van der Waals surface area contributed by atoms with Crippen LogP contribution in [0.5, 0.6) is 6.01 Å². The number of nitrogens with zero attached hydrogens (tertiary/aromatic N) is 3. The third-order valence-electron chi connectivity index (χ3n) is 5.16. The van der Waals surface area contributed by atoms with E-state index in [-0.39, 0.29) is 6.61 Å². The summed E-state index contributed by atoms with van der Waals surface area (Å²) in [6, 6.07) is 26.1. The zero-order chi connectivity index (χ0) is 23.0. The van der Waals surface area contributed by atoms with Gasteiger partial charge in [-0.2, -0.15) is 4.98 Å². The fraction of sp³-hybridized carbons (Fsp3) is 0.231. The summed E-state index contributed by atoms with van der Waals surface area (Å²) in [5.41, 5.74) is 4.98. The Bertz CT molecular complexity index is 1140. The van der Waals surface area contributed by atoms with Crippen LogP contribution in [0.25, 0.3) is 17.1 Å². The molecule has 0 amide bonds. The predicted molar refractivity (Wildman–Crippen MR) is 129 cm³/mol. The van der Waals surface area contributed by atoms with E-state index in [1.54, 1.807) is 11.8 Å². The topological polar surface area (TPSA) is 81.4 Å². The van der Waals surface area contributed by atoms with E-state index in [9.17, 15) is 5.11 Å². The van der Waals surface area contributed by atoms with E-state index in [2.05, 4.69) is 15.4 Å². The Morgan fingerprint density at radius 3 is 2.39 bits per heavy atom. The molecule has 0 radical (unpaired) electrons. The Morgan fingerprint density at radius 1 is 0.970 bits per heavy atom. The van der Waals surface area contributed by atoms with Crippen molar-refractivity contribution >= 4 is 5.69 Å². The molecule has 0 spiro atoms. The van der Waals surface area contributed by atoms with E-state index in [0.29, 0.717) is 25.0 Å². The largest absolute Gasteiger partial charge is 0.466 e. The molecule has 1 heterocycles. The molecule has 33 heavy (non-hydrogen) atoms. The Balaban J connectivity index is 1.36. The third kappa shape index (κ3) is 5.97. The second kappa shape index (κ2) is 10.8. The number of ether oxygens (including phenoxy) is 2. The zero-order valence-corrected chi connectivity index (χ0v) is 18.8. The Labute approximate surface area is 193 Å². The Morgan fingerprint density at radius 2 is 1.70 bits per heavy atom. The van der Waals surface area contributed by atoms with Crippen molar-refractivity contribution in [1.82, 2.24) is 14.8 Å². The second-order valence-electron chi connectivity index (χ2n) is 7.78. The molecule has 170 valence electrons. The van der Waals surface area contributed by atoms with Gasteiger partial charge in [0.2, 0.25) is 0 Å². The fourth-order valence-electron chi connectivity index (χ4n) is 3.35. The molecule has 0 bridgehead atoms. The summed E-state index contributed by atoms with van der Waals surface area (Å²) < 4.78 is 12.6. The standard InChI is InChI=1S/C26H28N4O3/c1-19-8-10-21(11-9-19)25-28-26(32-2)29-30(25)23-14-12-22(13-15-23)27-16-24(31)18-33-17-20-6-4-3-5-7-20/h3-15,24,27,31H,16-18H2,1-2H3. The number of aliphatic hydroxyl groups excluding tert-OH is 1. The van der Waals surface area contributed by atoms with Crippen molar-refractivity contribution in [2.75, 3.05) is 25.6 Å². The number of benzene rings is 3. The number of aliphatic hydroxyl groups is 1. The van der Waals surface area contributed by atoms with Gasteiger partial charge in [-0.15, -0.1) is 5.10 Å². The van der Waals surface area contributed by atoms with Crippen LogP contribution in [0.2, 0.25) is 0 Å². The minimum atomic E-state index is -0.610. The summed E-state index contributed by atoms with van der Waals surface area (Å²) in [4.78, 5) is 4.50. The van der Waals surface area contributed by atoms with Crippen molar-refractivity contribution in [2.45, 2.75) is 19.6 Å². The first-order chi connectivity index (χ1) is 16.1. The molecule has 7 nitrogen and oxygen atoms in total. The van der Waals surface area contributed by atoms with Gasteiger partial charge < -0.3 is 19.9 Å². The van der Waals surface area contributed by atoms with Gasteiger partial charge in [-0.3, -0.25) is 0 Å². The summed E-state index contributed by atoms with van der Waals surface area (Å²) in [5.74, 6) is 0.707. The van der Waals surface area contributed by atoms with Gasteiger partial charge >= 0.3 is 6.01 Å². The highest BCUT2D eigenvalue weighted by Gasteiger charge is 2.14. The summed E-state index contributed by atoms with van der Waals surface area (Å²) >= 11 is 0. The second-order valence-corrected chi connectivity index (χ2v) is 7.78. The first-order valence-electron chi connectivity index (χ1n) is 10.8. The Hall–Kier alpha value is -3.68. The lowest BCUT2D eigenvalue weighted by Crippen LogP contribution is -2.24. The summed E-state index contributed by atoms with van der Waals surface area (Å²) in [5, 5.41) is 17.9. The van der Waals surface area contributed by atoms with Gasteiger partial charge in [-0.05, 0) is 36.8 Å². The molecule has 2 N–H and O–H groups in total. The number of anilines is 1. The first-order valence-corrected chi connectivity index (χ1v) is 10.8. The molecule has 0 aliphatic rings. The molecule has 3 aromatic carbocycles. The summed E-state index contributed by atoms with van der Waals surface area (Å²) in [6.07, 6.45) is -0.610. The molecule has 4 aromatic rings. The van der Waals surface area contributed by atoms with Crippen LogP contribution < -0.4 is 10.1 Å². The van der Waals surface area contributed by atoms with E-state index in [1.165, 1.54) is 5.56 Å².